The van der Waals surface area contributed by atoms with Gasteiger partial charge in [-0.3, -0.25) is 0 Å². The average molecular weight is 570 g/mol. The molecule has 0 spiro atoms. The highest BCUT2D eigenvalue weighted by molar-refractivity contribution is 7.20. The van der Waals surface area contributed by atoms with E-state index < -0.39 is 13.1 Å². The van der Waals surface area contributed by atoms with Gasteiger partial charge in [0.15, 0.2) is 0 Å². The van der Waals surface area contributed by atoms with Crippen molar-refractivity contribution < 1.29 is 5.73 Å². The normalized spacial score (nSPS) is 11.2. The second-order valence-corrected chi connectivity index (χ2v) is 16.9. The number of hydrogen-bond acceptors (Lipinski definition) is 0. The van der Waals surface area contributed by atoms with E-state index in [1.54, 1.807) is 0 Å². The van der Waals surface area contributed by atoms with E-state index in [1.165, 1.54) is 73.3 Å². The van der Waals surface area contributed by atoms with Crippen molar-refractivity contribution in [3.8, 4) is 0 Å². The van der Waals surface area contributed by atoms with Gasteiger partial charge in [0.25, 0.3) is 13.1 Å². The van der Waals surface area contributed by atoms with Crippen molar-refractivity contribution >= 4 is 36.5 Å². The van der Waals surface area contributed by atoms with Crippen LogP contribution in [0, 0.1) is 69.2 Å². The van der Waals surface area contributed by atoms with Crippen LogP contribution in [0.15, 0.2) is 91.0 Å². The molecule has 0 aliphatic heterocycles. The first kappa shape index (κ1) is 31.5. The smallest absolute Gasteiger partial charge is 0.268 e. The summed E-state index contributed by atoms with van der Waals surface area (Å²) in [6.07, 6.45) is 0. The number of rotatable bonds is 4. The second-order valence-electron chi connectivity index (χ2n) is 12.7. The lowest BCUT2D eigenvalue weighted by Gasteiger charge is -2.45. The van der Waals surface area contributed by atoms with Crippen LogP contribution in [-0.2, 0) is 0 Å². The number of hydrogen-bond donors (Lipinski definition) is 1. The van der Waals surface area contributed by atoms with Crippen molar-refractivity contribution in [1.29, 1.82) is 0 Å². The van der Waals surface area contributed by atoms with Gasteiger partial charge in [0.1, 0.15) is 5.69 Å². The van der Waals surface area contributed by atoms with Gasteiger partial charge in [-0.05, 0) is 80.9 Å². The molecule has 1 nitrogen and oxygen atoms in total. The SMILES string of the molecule is Cc1cc[c]([Al-]([c]2ccc(C)cc2C)([c]2ccc(C)cc2C)[c]2ccc(C)cc2C)c(C)c1.Cc1cccc([NH3+])c1C. The highest BCUT2D eigenvalue weighted by atomic mass is 27.2. The molecule has 0 saturated heterocycles. The van der Waals surface area contributed by atoms with E-state index in [0.717, 1.165) is 5.69 Å². The average Bonchev–Trinajstić information content (AvgIpc) is 2.91. The van der Waals surface area contributed by atoms with Gasteiger partial charge in [-0.2, -0.15) is 0 Å². The molecule has 5 rings (SSSR count). The van der Waals surface area contributed by atoms with Crippen LogP contribution in [0.1, 0.15) is 55.6 Å². The molecular weight excluding hydrogens is 521 g/mol. The summed E-state index contributed by atoms with van der Waals surface area (Å²) in [5.74, 6) is 0. The largest absolute Gasteiger partial charge is 0.325 e. The summed E-state index contributed by atoms with van der Waals surface area (Å²) < 4.78 is 6.11. The Hall–Kier alpha value is -3.41. The lowest BCUT2D eigenvalue weighted by Crippen LogP contribution is -2.76. The summed E-state index contributed by atoms with van der Waals surface area (Å²) in [4.78, 5) is 0. The Labute approximate surface area is 257 Å². The van der Waals surface area contributed by atoms with Crippen molar-refractivity contribution in [3.63, 3.8) is 0 Å². The Morgan fingerprint density at radius 3 is 0.929 bits per heavy atom. The molecule has 0 aromatic heterocycles. The molecule has 0 aliphatic carbocycles. The van der Waals surface area contributed by atoms with Gasteiger partial charge in [-0.25, -0.2) is 17.7 Å². The Morgan fingerprint density at radius 2 is 0.690 bits per heavy atom. The van der Waals surface area contributed by atoms with Gasteiger partial charge >= 0.3 is 0 Å². The van der Waals surface area contributed by atoms with E-state index in [1.807, 2.05) is 12.1 Å². The maximum absolute atomic E-state index is 3.88. The van der Waals surface area contributed by atoms with Gasteiger partial charge < -0.3 is 5.73 Å². The number of benzene rings is 5. The van der Waals surface area contributed by atoms with Gasteiger partial charge in [0.2, 0.25) is 0 Å². The van der Waals surface area contributed by atoms with Crippen molar-refractivity contribution in [2.75, 3.05) is 0 Å². The van der Waals surface area contributed by atoms with E-state index in [9.17, 15) is 0 Å². The van der Waals surface area contributed by atoms with Crippen molar-refractivity contribution in [1.82, 2.24) is 0 Å². The molecule has 0 radical (unpaired) electrons. The Balaban J connectivity index is 0.000000385. The topological polar surface area (TPSA) is 27.6 Å². The summed E-state index contributed by atoms with van der Waals surface area (Å²) in [6, 6.07) is 34.7. The van der Waals surface area contributed by atoms with E-state index in [0.29, 0.717) is 0 Å². The molecule has 0 heterocycles. The molecular formula is C40H48AlN. The van der Waals surface area contributed by atoms with E-state index >= 15 is 0 Å². The molecule has 0 atom stereocenters. The molecule has 5 aromatic rings. The maximum Gasteiger partial charge on any atom is 0.268 e. The minimum absolute atomic E-state index is 1.13. The lowest BCUT2D eigenvalue weighted by molar-refractivity contribution is -0.255. The predicted octanol–water partition coefficient (Wildman–Crippen LogP) is 6.71. The monoisotopic (exact) mass is 569 g/mol. The molecule has 0 bridgehead atoms. The minimum Gasteiger partial charge on any atom is -0.325 e. The van der Waals surface area contributed by atoms with Crippen LogP contribution in [0.3, 0.4) is 0 Å². The zero-order valence-electron chi connectivity index (χ0n) is 27.4. The molecule has 0 saturated carbocycles. The van der Waals surface area contributed by atoms with Gasteiger partial charge in [-0.15, -0.1) is 24.3 Å². The van der Waals surface area contributed by atoms with Crippen LogP contribution in [0.25, 0.3) is 0 Å². The quantitative estimate of drug-likeness (QED) is 0.233. The standard InChI is InChI=1S/C8H11N.4C8H9.Al/c1-6-4-3-5-8(9)7(6)2;4*1-7-4-3-5-8(2)6-7;/h3-5H,9H2,1-2H3;4*3-4,6H,1-2H3;/q;;;;;-1/p+1. The van der Waals surface area contributed by atoms with E-state index in [2.05, 4.69) is 154 Å². The fourth-order valence-electron chi connectivity index (χ4n) is 7.06. The van der Waals surface area contributed by atoms with Crippen LogP contribution in [0.5, 0.6) is 0 Å². The van der Waals surface area contributed by atoms with Crippen molar-refractivity contribution in [3.05, 3.63) is 147 Å². The van der Waals surface area contributed by atoms with Gasteiger partial charge in [-0.1, -0.05) is 105 Å². The molecule has 2 heteroatoms. The van der Waals surface area contributed by atoms with Crippen LogP contribution in [0.4, 0.5) is 5.69 Å². The fourth-order valence-corrected chi connectivity index (χ4v) is 13.7. The first-order chi connectivity index (χ1) is 19.9. The van der Waals surface area contributed by atoms with Crippen LogP contribution >= 0.6 is 0 Å². The van der Waals surface area contributed by atoms with Crippen molar-refractivity contribution in [2.24, 2.45) is 0 Å². The third kappa shape index (κ3) is 6.18. The summed E-state index contributed by atoms with van der Waals surface area (Å²) in [5.41, 5.74) is 18.6. The summed E-state index contributed by atoms with van der Waals surface area (Å²) in [6.45, 7) is 22.3. The third-order valence-corrected chi connectivity index (χ3v) is 15.6. The third-order valence-electron chi connectivity index (χ3n) is 9.28. The maximum atomic E-state index is 3.88. The van der Waals surface area contributed by atoms with E-state index in [-0.39, 0.29) is 0 Å². The lowest BCUT2D eigenvalue weighted by atomic mass is 10.1. The summed E-state index contributed by atoms with van der Waals surface area (Å²) >= 11 is -3.00. The predicted molar refractivity (Wildman–Crippen MR) is 186 cm³/mol. The Bertz CT molecular complexity index is 1510. The Kier molecular flexibility index (Phi) is 9.64. The minimum atomic E-state index is -3.00. The van der Waals surface area contributed by atoms with Crippen LogP contribution in [0.2, 0.25) is 0 Å². The molecule has 0 fully saturated rings. The molecule has 5 aromatic carbocycles. The Morgan fingerprint density at radius 1 is 0.381 bits per heavy atom. The zero-order valence-corrected chi connectivity index (χ0v) is 28.6. The van der Waals surface area contributed by atoms with Gasteiger partial charge in [0.05, 0.1) is 0 Å². The molecule has 42 heavy (non-hydrogen) atoms. The summed E-state index contributed by atoms with van der Waals surface area (Å²) in [5, 5.41) is 0. The molecule has 216 valence electrons. The van der Waals surface area contributed by atoms with Crippen LogP contribution in [-0.4, -0.2) is 13.1 Å². The van der Waals surface area contributed by atoms with Gasteiger partial charge in [0, 0.05) is 5.56 Å². The number of aryl methyl sites for hydroxylation is 9. The zero-order chi connectivity index (χ0) is 30.8. The molecule has 0 unspecified atom stereocenters. The second kappa shape index (κ2) is 12.8. The molecule has 0 amide bonds. The first-order valence-corrected chi connectivity index (χ1v) is 17.5. The van der Waals surface area contributed by atoms with Crippen molar-refractivity contribution in [2.45, 2.75) is 69.2 Å². The first-order valence-electron chi connectivity index (χ1n) is 15.2. The molecule has 3 N–H and O–H groups in total. The highest BCUT2D eigenvalue weighted by Crippen LogP contribution is 2.19. The molecule has 0 aliphatic rings. The highest BCUT2D eigenvalue weighted by Gasteiger charge is 2.40. The van der Waals surface area contributed by atoms with E-state index in [4.69, 9.17) is 0 Å². The fraction of sp³-hybridized carbons (Fsp3) is 0.250. The number of quaternary nitrogens is 1. The van der Waals surface area contributed by atoms with Crippen LogP contribution < -0.4 is 23.4 Å². The summed E-state index contributed by atoms with van der Waals surface area (Å²) in [7, 11) is 0.